The minimum absolute atomic E-state index is 0.280. The third kappa shape index (κ3) is 3.05. The van der Waals surface area contributed by atoms with E-state index in [9.17, 15) is 14.0 Å². The maximum atomic E-state index is 13.0. The monoisotopic (exact) mass is 319 g/mol. The van der Waals surface area contributed by atoms with Gasteiger partial charge in [0.15, 0.2) is 6.67 Å². The first kappa shape index (κ1) is 15.5. The van der Waals surface area contributed by atoms with Crippen LogP contribution in [0.15, 0.2) is 33.9 Å². The number of rotatable bonds is 3. The van der Waals surface area contributed by atoms with Crippen molar-refractivity contribution in [2.24, 2.45) is 0 Å². The fraction of sp³-hybridized carbons (Fsp3) is 0.375. The lowest BCUT2D eigenvalue weighted by Crippen LogP contribution is -3.15. The van der Waals surface area contributed by atoms with E-state index in [1.807, 2.05) is 0 Å². The normalized spacial score (nSPS) is 17.0. The quantitative estimate of drug-likeness (QED) is 0.740. The van der Waals surface area contributed by atoms with Gasteiger partial charge in [0.05, 0.1) is 12.6 Å². The summed E-state index contributed by atoms with van der Waals surface area (Å²) in [6.45, 7) is 5.67. The number of fused-ring (bicyclic) bond motifs is 1. The van der Waals surface area contributed by atoms with Gasteiger partial charge in [-0.1, -0.05) is 12.1 Å². The molecule has 6 nitrogen and oxygen atoms in total. The van der Waals surface area contributed by atoms with Crippen molar-refractivity contribution >= 4 is 5.82 Å². The van der Waals surface area contributed by atoms with Gasteiger partial charge in [-0.3, -0.25) is 14.3 Å². The van der Waals surface area contributed by atoms with Crippen molar-refractivity contribution in [3.8, 4) is 0 Å². The molecule has 1 unspecified atom stereocenters. The highest BCUT2D eigenvalue weighted by atomic mass is 19.1. The van der Waals surface area contributed by atoms with Crippen LogP contribution in [0.5, 0.6) is 0 Å². The van der Waals surface area contributed by atoms with Crippen LogP contribution in [0.2, 0.25) is 0 Å². The van der Waals surface area contributed by atoms with Crippen molar-refractivity contribution in [1.82, 2.24) is 9.55 Å². The number of hydrogen-bond acceptors (Lipinski definition) is 3. The third-order valence-corrected chi connectivity index (χ3v) is 4.25. The summed E-state index contributed by atoms with van der Waals surface area (Å²) in [5.74, 6) is 0.242. The van der Waals surface area contributed by atoms with E-state index < -0.39 is 5.69 Å². The van der Waals surface area contributed by atoms with Crippen LogP contribution < -0.4 is 21.5 Å². The van der Waals surface area contributed by atoms with Crippen molar-refractivity contribution in [2.45, 2.75) is 33.0 Å². The van der Waals surface area contributed by atoms with Crippen molar-refractivity contribution in [1.29, 1.82) is 0 Å². The van der Waals surface area contributed by atoms with Crippen LogP contribution in [0.1, 0.15) is 25.0 Å². The lowest BCUT2D eigenvalue weighted by molar-refractivity contribution is -0.933. The zero-order valence-electron chi connectivity index (χ0n) is 13.1. The fourth-order valence-corrected chi connectivity index (χ4v) is 2.80. The molecular weight excluding hydrogens is 299 g/mol. The molecule has 0 spiro atoms. The Kier molecular flexibility index (Phi) is 4.04. The second kappa shape index (κ2) is 6.00. The third-order valence-electron chi connectivity index (χ3n) is 4.25. The summed E-state index contributed by atoms with van der Waals surface area (Å²) in [6.07, 6.45) is 0. The molecule has 0 saturated carbocycles. The van der Waals surface area contributed by atoms with Gasteiger partial charge in [-0.25, -0.2) is 9.18 Å². The number of anilines is 1. The van der Waals surface area contributed by atoms with E-state index in [-0.39, 0.29) is 17.9 Å². The molecule has 2 aromatic rings. The van der Waals surface area contributed by atoms with Crippen molar-refractivity contribution in [3.05, 3.63) is 62.0 Å². The van der Waals surface area contributed by atoms with E-state index in [0.717, 1.165) is 5.56 Å². The van der Waals surface area contributed by atoms with Crippen LogP contribution in [-0.4, -0.2) is 22.3 Å². The molecule has 0 amide bonds. The highest BCUT2D eigenvalue weighted by Gasteiger charge is 2.26. The molecule has 122 valence electrons. The molecular formula is C16H20FN4O2+. The summed E-state index contributed by atoms with van der Waals surface area (Å²) in [5, 5.41) is 3.21. The maximum Gasteiger partial charge on any atom is 0.330 e. The second-order valence-electron chi connectivity index (χ2n) is 6.14. The van der Waals surface area contributed by atoms with Crippen LogP contribution in [0, 0.1) is 5.82 Å². The molecule has 3 N–H and O–H groups in total. The van der Waals surface area contributed by atoms with Crippen LogP contribution in [0.4, 0.5) is 10.2 Å². The summed E-state index contributed by atoms with van der Waals surface area (Å²) in [6, 6.07) is 6.35. The van der Waals surface area contributed by atoms with Gasteiger partial charge in [0.25, 0.3) is 5.56 Å². The Bertz CT molecular complexity index is 823. The number of halogens is 1. The van der Waals surface area contributed by atoms with Gasteiger partial charge >= 0.3 is 5.69 Å². The number of quaternary nitrogens is 1. The molecule has 0 bridgehead atoms. The maximum absolute atomic E-state index is 13.0. The molecule has 0 fully saturated rings. The minimum atomic E-state index is -0.460. The lowest BCUT2D eigenvalue weighted by atomic mass is 10.2. The Morgan fingerprint density at radius 3 is 2.61 bits per heavy atom. The molecule has 1 aliphatic heterocycles. The Morgan fingerprint density at radius 2 is 1.96 bits per heavy atom. The smallest absolute Gasteiger partial charge is 0.324 e. The topological polar surface area (TPSA) is 71.3 Å². The van der Waals surface area contributed by atoms with Gasteiger partial charge in [-0.2, -0.15) is 0 Å². The molecule has 1 aliphatic rings. The van der Waals surface area contributed by atoms with E-state index in [2.05, 4.69) is 24.1 Å². The van der Waals surface area contributed by atoms with Gasteiger partial charge in [-0.05, 0) is 31.5 Å². The Balaban J connectivity index is 2.01. The largest absolute Gasteiger partial charge is 0.330 e. The van der Waals surface area contributed by atoms with E-state index in [0.29, 0.717) is 30.6 Å². The van der Waals surface area contributed by atoms with E-state index in [4.69, 9.17) is 0 Å². The van der Waals surface area contributed by atoms with Gasteiger partial charge in [0.1, 0.15) is 23.7 Å². The first-order valence-electron chi connectivity index (χ1n) is 7.64. The highest BCUT2D eigenvalue weighted by molar-refractivity contribution is 5.44. The van der Waals surface area contributed by atoms with E-state index in [1.54, 1.807) is 12.1 Å². The predicted molar refractivity (Wildman–Crippen MR) is 85.1 cm³/mol. The van der Waals surface area contributed by atoms with Crippen molar-refractivity contribution in [2.75, 3.05) is 12.0 Å². The van der Waals surface area contributed by atoms with Crippen LogP contribution in [-0.2, 0) is 13.1 Å². The molecule has 23 heavy (non-hydrogen) atoms. The number of H-pyrrole nitrogens is 1. The summed E-state index contributed by atoms with van der Waals surface area (Å²) < 4.78 is 14.5. The van der Waals surface area contributed by atoms with Crippen molar-refractivity contribution in [3.63, 3.8) is 0 Å². The van der Waals surface area contributed by atoms with Gasteiger partial charge < -0.3 is 10.2 Å². The molecule has 2 heterocycles. The number of benzene rings is 1. The molecule has 3 rings (SSSR count). The molecule has 1 aromatic heterocycles. The van der Waals surface area contributed by atoms with Crippen LogP contribution >= 0.6 is 0 Å². The summed E-state index contributed by atoms with van der Waals surface area (Å²) in [5.41, 5.74) is 0.578. The van der Waals surface area contributed by atoms with Gasteiger partial charge in [-0.15, -0.1) is 0 Å². The SMILES string of the molecule is CC(C)[NH+]1CNc2c(c(=O)[nH]c(=O)n2Cc2ccc(F)cc2)C1. The summed E-state index contributed by atoms with van der Waals surface area (Å²) >= 11 is 0. The zero-order valence-corrected chi connectivity index (χ0v) is 13.1. The second-order valence-corrected chi connectivity index (χ2v) is 6.14. The first-order valence-corrected chi connectivity index (χ1v) is 7.64. The van der Waals surface area contributed by atoms with Gasteiger partial charge in [0.2, 0.25) is 0 Å². The zero-order chi connectivity index (χ0) is 16.6. The summed E-state index contributed by atoms with van der Waals surface area (Å²) in [7, 11) is 0. The molecule has 0 radical (unpaired) electrons. The Labute approximate surface area is 132 Å². The lowest BCUT2D eigenvalue weighted by Gasteiger charge is -2.30. The Morgan fingerprint density at radius 1 is 1.26 bits per heavy atom. The highest BCUT2D eigenvalue weighted by Crippen LogP contribution is 2.13. The fourth-order valence-electron chi connectivity index (χ4n) is 2.80. The number of nitrogens with zero attached hydrogens (tertiary/aromatic N) is 1. The molecule has 0 aliphatic carbocycles. The minimum Gasteiger partial charge on any atom is -0.324 e. The number of nitrogens with one attached hydrogen (secondary N) is 3. The predicted octanol–water partition coefficient (Wildman–Crippen LogP) is -0.0997. The van der Waals surface area contributed by atoms with Crippen LogP contribution in [0.25, 0.3) is 0 Å². The number of aromatic amines is 1. The average Bonchev–Trinajstić information content (AvgIpc) is 2.52. The molecule has 1 aromatic carbocycles. The summed E-state index contributed by atoms with van der Waals surface area (Å²) in [4.78, 5) is 27.9. The van der Waals surface area contributed by atoms with Gasteiger partial charge in [0, 0.05) is 0 Å². The van der Waals surface area contributed by atoms with E-state index in [1.165, 1.54) is 21.6 Å². The number of aromatic nitrogens is 2. The van der Waals surface area contributed by atoms with Crippen molar-refractivity contribution < 1.29 is 9.29 Å². The molecule has 7 heteroatoms. The number of hydrogen-bond donors (Lipinski definition) is 3. The molecule has 1 atom stereocenters. The molecule has 0 saturated heterocycles. The van der Waals surface area contributed by atoms with Crippen LogP contribution in [0.3, 0.4) is 0 Å². The standard InChI is InChI=1S/C16H19FN4O2/c1-10(2)20-8-13-14(18-9-20)21(16(23)19-15(13)22)7-11-3-5-12(17)6-4-11/h3-6,10,18H,7-9H2,1-2H3,(H,19,22,23)/p+1. The van der Waals surface area contributed by atoms with E-state index >= 15 is 0 Å². The Hall–Kier alpha value is -2.41. The first-order chi connectivity index (χ1) is 11.0. The average molecular weight is 319 g/mol.